The van der Waals surface area contributed by atoms with Gasteiger partial charge in [0.25, 0.3) is 0 Å². The molecule has 0 spiro atoms. The normalized spacial score (nSPS) is 42.4. The number of aliphatic hydroxyl groups excluding tert-OH is 4. The second-order valence-electron chi connectivity index (χ2n) is 7.11. The molecule has 2 fully saturated rings. The molecule has 0 aromatic heterocycles. The maximum absolute atomic E-state index is 11.6. The standard InChI is InChI=1S/C17H29NO12/c1-6(20)18-10-13(11(23)9(5-19)28-17(10)27-3)29-16-8(22)4-7(21)12(26-2)14(30-16)15(24)25/h7-14,16-17,19,21-23H,4-5H2,1-3H3,(H,18,20)(H,24,25)/t7?,8?,9?,10-,11?,12-,13-,14?,16+,17+/m0/s1. The van der Waals surface area contributed by atoms with Crippen LogP contribution in [0.4, 0.5) is 0 Å². The predicted molar refractivity (Wildman–Crippen MR) is 95.0 cm³/mol. The monoisotopic (exact) mass is 439 g/mol. The molecule has 0 radical (unpaired) electrons. The summed E-state index contributed by atoms with van der Waals surface area (Å²) >= 11 is 0. The lowest BCUT2D eigenvalue weighted by Crippen LogP contribution is -2.66. The Morgan fingerprint density at radius 3 is 2.20 bits per heavy atom. The lowest BCUT2D eigenvalue weighted by molar-refractivity contribution is -0.310. The van der Waals surface area contributed by atoms with Gasteiger partial charge in [-0.1, -0.05) is 0 Å². The Kier molecular flexibility index (Phi) is 8.90. The van der Waals surface area contributed by atoms with Gasteiger partial charge in [0.15, 0.2) is 18.7 Å². The van der Waals surface area contributed by atoms with Gasteiger partial charge >= 0.3 is 5.97 Å². The Morgan fingerprint density at radius 1 is 1.03 bits per heavy atom. The third-order valence-electron chi connectivity index (χ3n) is 5.02. The smallest absolute Gasteiger partial charge is 0.335 e. The highest BCUT2D eigenvalue weighted by Gasteiger charge is 2.50. The van der Waals surface area contributed by atoms with Gasteiger partial charge in [-0.3, -0.25) is 4.79 Å². The number of ether oxygens (including phenoxy) is 5. The van der Waals surface area contributed by atoms with Crippen molar-refractivity contribution in [3.8, 4) is 0 Å². The van der Waals surface area contributed by atoms with Crippen LogP contribution in [-0.2, 0) is 33.3 Å². The highest BCUT2D eigenvalue weighted by molar-refractivity contribution is 5.73. The van der Waals surface area contributed by atoms with E-state index < -0.39 is 79.8 Å². The molecule has 13 heteroatoms. The van der Waals surface area contributed by atoms with Gasteiger partial charge in [0.1, 0.15) is 36.6 Å². The quantitative estimate of drug-likeness (QED) is 0.230. The molecule has 0 saturated carbocycles. The molecule has 0 aromatic carbocycles. The molecular weight excluding hydrogens is 410 g/mol. The van der Waals surface area contributed by atoms with Crippen LogP contribution in [0.15, 0.2) is 0 Å². The molecule has 30 heavy (non-hydrogen) atoms. The zero-order valence-electron chi connectivity index (χ0n) is 16.8. The number of nitrogens with one attached hydrogen (secondary N) is 1. The molecule has 13 nitrogen and oxygen atoms in total. The van der Waals surface area contributed by atoms with E-state index in [-0.39, 0.29) is 6.42 Å². The summed E-state index contributed by atoms with van der Waals surface area (Å²) in [6.45, 7) is 0.606. The second kappa shape index (κ2) is 10.7. The number of carboxylic acid groups (broad SMARTS) is 1. The summed E-state index contributed by atoms with van der Waals surface area (Å²) in [5.41, 5.74) is 0. The van der Waals surface area contributed by atoms with Crippen LogP contribution >= 0.6 is 0 Å². The number of carboxylic acids is 1. The van der Waals surface area contributed by atoms with Gasteiger partial charge in [-0.15, -0.1) is 0 Å². The summed E-state index contributed by atoms with van der Waals surface area (Å²) in [7, 11) is 2.46. The molecule has 0 aromatic rings. The summed E-state index contributed by atoms with van der Waals surface area (Å²) < 4.78 is 26.7. The molecule has 1 amide bonds. The Hall–Kier alpha value is -1.42. The van der Waals surface area contributed by atoms with Crippen molar-refractivity contribution in [1.29, 1.82) is 0 Å². The van der Waals surface area contributed by atoms with E-state index in [9.17, 15) is 35.1 Å². The fraction of sp³-hybridized carbons (Fsp3) is 0.882. The molecule has 2 aliphatic rings. The van der Waals surface area contributed by atoms with Gasteiger partial charge in [-0.2, -0.15) is 0 Å². The van der Waals surface area contributed by atoms with Crippen molar-refractivity contribution >= 4 is 11.9 Å². The fourth-order valence-corrected chi connectivity index (χ4v) is 3.58. The first-order valence-corrected chi connectivity index (χ1v) is 9.31. The maximum atomic E-state index is 11.6. The first-order chi connectivity index (χ1) is 14.1. The summed E-state index contributed by atoms with van der Waals surface area (Å²) in [4.78, 5) is 23.2. The number of carbonyl (C=O) groups excluding carboxylic acids is 1. The summed E-state index contributed by atoms with van der Waals surface area (Å²) in [6.07, 6.45) is -12.9. The van der Waals surface area contributed by atoms with Crippen LogP contribution in [0.25, 0.3) is 0 Å². The van der Waals surface area contributed by atoms with Gasteiger partial charge < -0.3 is 54.5 Å². The zero-order chi connectivity index (χ0) is 22.6. The molecule has 0 aliphatic carbocycles. The van der Waals surface area contributed by atoms with Crippen LogP contribution < -0.4 is 5.32 Å². The molecule has 6 N–H and O–H groups in total. The van der Waals surface area contributed by atoms with Crippen molar-refractivity contribution in [3.63, 3.8) is 0 Å². The minimum atomic E-state index is -1.68. The van der Waals surface area contributed by atoms with E-state index in [2.05, 4.69) is 5.32 Å². The van der Waals surface area contributed by atoms with Crippen molar-refractivity contribution < 1.29 is 58.8 Å². The van der Waals surface area contributed by atoms with Crippen LogP contribution in [0, 0.1) is 0 Å². The lowest BCUT2D eigenvalue weighted by atomic mass is 9.96. The Bertz CT molecular complexity index is 591. The summed E-state index contributed by atoms with van der Waals surface area (Å²) in [6, 6.07) is -1.09. The van der Waals surface area contributed by atoms with Crippen molar-refractivity contribution in [1.82, 2.24) is 5.32 Å². The van der Waals surface area contributed by atoms with Crippen LogP contribution in [-0.4, -0.2) is 120 Å². The van der Waals surface area contributed by atoms with Crippen LogP contribution in [0.3, 0.4) is 0 Å². The summed E-state index contributed by atoms with van der Waals surface area (Å²) in [5.74, 6) is -1.97. The largest absolute Gasteiger partial charge is 0.479 e. The predicted octanol–water partition coefficient (Wildman–Crippen LogP) is -3.46. The average Bonchev–Trinajstić information content (AvgIpc) is 2.80. The first kappa shape index (κ1) is 24.8. The maximum Gasteiger partial charge on any atom is 0.335 e. The molecule has 0 bridgehead atoms. The topological polar surface area (TPSA) is 193 Å². The lowest BCUT2D eigenvalue weighted by Gasteiger charge is -2.45. The second-order valence-corrected chi connectivity index (χ2v) is 7.11. The van der Waals surface area contributed by atoms with E-state index in [0.29, 0.717) is 0 Å². The number of aliphatic hydroxyl groups is 4. The van der Waals surface area contributed by atoms with Gasteiger partial charge in [-0.25, -0.2) is 4.79 Å². The molecule has 2 rings (SSSR count). The zero-order valence-corrected chi connectivity index (χ0v) is 16.8. The van der Waals surface area contributed by atoms with Crippen LogP contribution in [0.1, 0.15) is 13.3 Å². The van der Waals surface area contributed by atoms with Crippen LogP contribution in [0.2, 0.25) is 0 Å². The number of aliphatic carboxylic acids is 1. The minimum absolute atomic E-state index is 0.339. The Morgan fingerprint density at radius 2 is 1.70 bits per heavy atom. The number of amides is 1. The van der Waals surface area contributed by atoms with Crippen LogP contribution in [0.5, 0.6) is 0 Å². The highest BCUT2D eigenvalue weighted by atomic mass is 16.7. The average molecular weight is 439 g/mol. The Labute approximate surface area is 172 Å². The number of hydrogen-bond donors (Lipinski definition) is 6. The molecule has 10 atom stereocenters. The summed E-state index contributed by atoms with van der Waals surface area (Å²) in [5, 5.41) is 52.6. The highest BCUT2D eigenvalue weighted by Crippen LogP contribution is 2.29. The van der Waals surface area contributed by atoms with Crippen molar-refractivity contribution in [3.05, 3.63) is 0 Å². The molecule has 2 heterocycles. The van der Waals surface area contributed by atoms with Crippen molar-refractivity contribution in [2.45, 2.75) is 74.7 Å². The van der Waals surface area contributed by atoms with Gasteiger partial charge in [0.2, 0.25) is 5.91 Å². The number of hydrogen-bond acceptors (Lipinski definition) is 11. The Balaban J connectivity index is 2.32. The van der Waals surface area contributed by atoms with E-state index in [1.807, 2.05) is 0 Å². The number of carbonyl (C=O) groups is 2. The molecular formula is C17H29NO12. The molecule has 174 valence electrons. The van der Waals surface area contributed by atoms with E-state index >= 15 is 0 Å². The van der Waals surface area contributed by atoms with Gasteiger partial charge in [0, 0.05) is 27.6 Å². The van der Waals surface area contributed by atoms with Gasteiger partial charge in [0.05, 0.1) is 12.7 Å². The van der Waals surface area contributed by atoms with Crippen molar-refractivity contribution in [2.75, 3.05) is 20.8 Å². The van der Waals surface area contributed by atoms with Gasteiger partial charge in [-0.05, 0) is 0 Å². The SMILES string of the molecule is CO[C@H]1C(O)CC(O)[C@H](O[C@@H]2C(O)C(CO)O[C@@H](OC)[C@H]2NC(C)=O)OC1C(=O)O. The number of methoxy groups -OCH3 is 2. The third-order valence-corrected chi connectivity index (χ3v) is 5.02. The van der Waals surface area contributed by atoms with E-state index in [1.54, 1.807) is 0 Å². The van der Waals surface area contributed by atoms with Crippen molar-refractivity contribution in [2.24, 2.45) is 0 Å². The molecule has 5 unspecified atom stereocenters. The van der Waals surface area contributed by atoms with E-state index in [1.165, 1.54) is 21.1 Å². The molecule has 2 saturated heterocycles. The van der Waals surface area contributed by atoms with E-state index in [4.69, 9.17) is 23.7 Å². The number of rotatable bonds is 7. The molecule has 2 aliphatic heterocycles. The van der Waals surface area contributed by atoms with E-state index in [0.717, 1.165) is 0 Å². The third kappa shape index (κ3) is 5.43. The fourth-order valence-electron chi connectivity index (χ4n) is 3.58. The minimum Gasteiger partial charge on any atom is -0.479 e. The first-order valence-electron chi connectivity index (χ1n) is 9.31.